The van der Waals surface area contributed by atoms with Crippen LogP contribution < -0.4 is 5.32 Å². The van der Waals surface area contributed by atoms with E-state index in [4.69, 9.17) is 4.74 Å². The van der Waals surface area contributed by atoms with Crippen LogP contribution in [0.5, 0.6) is 0 Å². The van der Waals surface area contributed by atoms with Gasteiger partial charge in [0, 0.05) is 6.61 Å². The Labute approximate surface area is 108 Å². The molecule has 0 bridgehead atoms. The molecule has 0 aliphatic carbocycles. The molecule has 18 heavy (non-hydrogen) atoms. The van der Waals surface area contributed by atoms with Gasteiger partial charge in [-0.05, 0) is 18.4 Å². The second kappa shape index (κ2) is 8.66. The van der Waals surface area contributed by atoms with Gasteiger partial charge in [-0.1, -0.05) is 37.3 Å². The molecule has 1 aromatic carbocycles. The van der Waals surface area contributed by atoms with Gasteiger partial charge in [0.2, 0.25) is 5.91 Å². The molecule has 2 N–H and O–H groups in total. The topological polar surface area (TPSA) is 58.6 Å². The minimum atomic E-state index is -0.259. The Morgan fingerprint density at radius 3 is 2.72 bits per heavy atom. The average Bonchev–Trinajstić information content (AvgIpc) is 2.39. The van der Waals surface area contributed by atoms with Crippen molar-refractivity contribution < 1.29 is 14.6 Å². The average molecular weight is 251 g/mol. The van der Waals surface area contributed by atoms with Crippen LogP contribution >= 0.6 is 0 Å². The fourth-order valence-electron chi connectivity index (χ4n) is 1.64. The first-order valence-electron chi connectivity index (χ1n) is 6.28. The van der Waals surface area contributed by atoms with Crippen LogP contribution in [0.3, 0.4) is 0 Å². The third-order valence-corrected chi connectivity index (χ3v) is 2.49. The van der Waals surface area contributed by atoms with E-state index < -0.39 is 0 Å². The maximum absolute atomic E-state index is 11.5. The summed E-state index contributed by atoms with van der Waals surface area (Å²) in [5, 5.41) is 12.0. The highest BCUT2D eigenvalue weighted by molar-refractivity contribution is 5.77. The molecule has 0 radical (unpaired) electrons. The van der Waals surface area contributed by atoms with Crippen LogP contribution in [0.25, 0.3) is 0 Å². The third-order valence-electron chi connectivity index (χ3n) is 2.49. The SMILES string of the molecule is CCCOCC(=O)N[C@H](CO)Cc1ccccc1. The summed E-state index contributed by atoms with van der Waals surface area (Å²) >= 11 is 0. The highest BCUT2D eigenvalue weighted by atomic mass is 16.5. The van der Waals surface area contributed by atoms with Gasteiger partial charge in [-0.2, -0.15) is 0 Å². The van der Waals surface area contributed by atoms with Gasteiger partial charge in [-0.15, -0.1) is 0 Å². The normalized spacial score (nSPS) is 12.1. The van der Waals surface area contributed by atoms with Gasteiger partial charge in [0.05, 0.1) is 12.6 Å². The standard InChI is InChI=1S/C14H21NO3/c1-2-8-18-11-14(17)15-13(10-16)9-12-6-4-3-5-7-12/h3-7,13,16H,2,8-11H2,1H3,(H,15,17)/t13-/m0/s1. The van der Waals surface area contributed by atoms with E-state index in [1.807, 2.05) is 37.3 Å². The Morgan fingerprint density at radius 1 is 1.39 bits per heavy atom. The van der Waals surface area contributed by atoms with E-state index in [9.17, 15) is 9.90 Å². The molecule has 0 spiro atoms. The number of hydrogen-bond donors (Lipinski definition) is 2. The van der Waals surface area contributed by atoms with E-state index in [0.717, 1.165) is 12.0 Å². The van der Waals surface area contributed by atoms with E-state index in [1.54, 1.807) is 0 Å². The zero-order valence-electron chi connectivity index (χ0n) is 10.8. The Hall–Kier alpha value is -1.39. The Balaban J connectivity index is 2.35. The molecular weight excluding hydrogens is 230 g/mol. The predicted octanol–water partition coefficient (Wildman–Crippen LogP) is 1.13. The number of aliphatic hydroxyl groups excluding tert-OH is 1. The molecule has 4 nitrogen and oxygen atoms in total. The van der Waals surface area contributed by atoms with Crippen molar-refractivity contribution in [3.63, 3.8) is 0 Å². The summed E-state index contributed by atoms with van der Waals surface area (Å²) < 4.78 is 5.15. The maximum atomic E-state index is 11.5. The quantitative estimate of drug-likeness (QED) is 0.681. The lowest BCUT2D eigenvalue weighted by Crippen LogP contribution is -2.41. The Kier molecular flexibility index (Phi) is 7.06. The molecule has 0 saturated heterocycles. The lowest BCUT2D eigenvalue weighted by atomic mass is 10.1. The third kappa shape index (κ3) is 5.80. The van der Waals surface area contributed by atoms with Crippen molar-refractivity contribution in [2.24, 2.45) is 0 Å². The van der Waals surface area contributed by atoms with Crippen LogP contribution in [0, 0.1) is 0 Å². The van der Waals surface area contributed by atoms with Crippen LogP contribution in [-0.2, 0) is 16.0 Å². The molecule has 1 aromatic rings. The summed E-state index contributed by atoms with van der Waals surface area (Å²) in [6, 6.07) is 9.51. The van der Waals surface area contributed by atoms with Crippen LogP contribution in [0.4, 0.5) is 0 Å². The van der Waals surface area contributed by atoms with Gasteiger partial charge < -0.3 is 15.2 Å². The van der Waals surface area contributed by atoms with Gasteiger partial charge in [0.1, 0.15) is 6.61 Å². The predicted molar refractivity (Wildman–Crippen MR) is 70.3 cm³/mol. The van der Waals surface area contributed by atoms with Crippen molar-refractivity contribution in [2.75, 3.05) is 19.8 Å². The van der Waals surface area contributed by atoms with Crippen LogP contribution in [-0.4, -0.2) is 36.9 Å². The number of rotatable bonds is 8. The lowest BCUT2D eigenvalue weighted by molar-refractivity contribution is -0.126. The first kappa shape index (κ1) is 14.7. The maximum Gasteiger partial charge on any atom is 0.246 e. The molecule has 0 unspecified atom stereocenters. The number of amides is 1. The molecule has 0 heterocycles. The van der Waals surface area contributed by atoms with E-state index in [0.29, 0.717) is 13.0 Å². The number of carbonyl (C=O) groups is 1. The second-order valence-electron chi connectivity index (χ2n) is 4.19. The molecule has 1 atom stereocenters. The molecule has 0 saturated carbocycles. The van der Waals surface area contributed by atoms with Gasteiger partial charge in [-0.3, -0.25) is 4.79 Å². The summed E-state index contributed by atoms with van der Waals surface area (Å²) in [5.41, 5.74) is 1.09. The number of hydrogen-bond acceptors (Lipinski definition) is 3. The van der Waals surface area contributed by atoms with E-state index >= 15 is 0 Å². The van der Waals surface area contributed by atoms with Crippen molar-refractivity contribution in [3.8, 4) is 0 Å². The molecule has 0 aliphatic heterocycles. The van der Waals surface area contributed by atoms with Crippen LogP contribution in [0.2, 0.25) is 0 Å². The number of ether oxygens (including phenoxy) is 1. The molecule has 0 aromatic heterocycles. The summed E-state index contributed by atoms with van der Waals surface area (Å²) in [7, 11) is 0. The molecule has 1 rings (SSSR count). The first-order chi connectivity index (χ1) is 8.76. The van der Waals surface area contributed by atoms with Crippen molar-refractivity contribution in [3.05, 3.63) is 35.9 Å². The summed E-state index contributed by atoms with van der Waals surface area (Å²) in [6.45, 7) is 2.55. The largest absolute Gasteiger partial charge is 0.394 e. The zero-order chi connectivity index (χ0) is 13.2. The van der Waals surface area contributed by atoms with E-state index in [-0.39, 0.29) is 25.2 Å². The Bertz CT molecular complexity index is 340. The van der Waals surface area contributed by atoms with Crippen molar-refractivity contribution in [1.82, 2.24) is 5.32 Å². The number of carbonyl (C=O) groups excluding carboxylic acids is 1. The smallest absolute Gasteiger partial charge is 0.246 e. The van der Waals surface area contributed by atoms with Gasteiger partial charge >= 0.3 is 0 Å². The molecular formula is C14H21NO3. The van der Waals surface area contributed by atoms with Gasteiger partial charge in [0.15, 0.2) is 0 Å². The summed E-state index contributed by atoms with van der Waals surface area (Å²) in [5.74, 6) is -0.182. The minimum Gasteiger partial charge on any atom is -0.394 e. The highest BCUT2D eigenvalue weighted by Crippen LogP contribution is 2.02. The fourth-order valence-corrected chi connectivity index (χ4v) is 1.64. The van der Waals surface area contributed by atoms with Crippen molar-refractivity contribution in [2.45, 2.75) is 25.8 Å². The monoisotopic (exact) mass is 251 g/mol. The number of benzene rings is 1. The molecule has 4 heteroatoms. The molecule has 0 fully saturated rings. The van der Waals surface area contributed by atoms with Crippen molar-refractivity contribution in [1.29, 1.82) is 0 Å². The van der Waals surface area contributed by atoms with E-state index in [2.05, 4.69) is 5.32 Å². The van der Waals surface area contributed by atoms with Crippen LogP contribution in [0.1, 0.15) is 18.9 Å². The first-order valence-corrected chi connectivity index (χ1v) is 6.28. The minimum absolute atomic E-state index is 0.0547. The summed E-state index contributed by atoms with van der Waals surface area (Å²) in [4.78, 5) is 11.5. The van der Waals surface area contributed by atoms with Crippen LogP contribution in [0.15, 0.2) is 30.3 Å². The van der Waals surface area contributed by atoms with Gasteiger partial charge in [0.25, 0.3) is 0 Å². The van der Waals surface area contributed by atoms with Crippen molar-refractivity contribution >= 4 is 5.91 Å². The lowest BCUT2D eigenvalue weighted by Gasteiger charge is -2.16. The second-order valence-corrected chi connectivity index (χ2v) is 4.19. The fraction of sp³-hybridized carbons (Fsp3) is 0.500. The zero-order valence-corrected chi connectivity index (χ0v) is 10.8. The van der Waals surface area contributed by atoms with Gasteiger partial charge in [-0.25, -0.2) is 0 Å². The highest BCUT2D eigenvalue weighted by Gasteiger charge is 2.11. The Morgan fingerprint density at radius 2 is 2.11 bits per heavy atom. The molecule has 0 aliphatic rings. The molecule has 1 amide bonds. The summed E-state index contributed by atoms with van der Waals surface area (Å²) in [6.07, 6.45) is 1.51. The van der Waals surface area contributed by atoms with E-state index in [1.165, 1.54) is 0 Å². The number of aliphatic hydroxyl groups is 1. The number of nitrogens with one attached hydrogen (secondary N) is 1. The molecule has 100 valence electrons.